The zero-order valence-electron chi connectivity index (χ0n) is 13.1. The number of carbonyl (C=O) groups is 2. The summed E-state index contributed by atoms with van der Waals surface area (Å²) in [4.78, 5) is 26.3. The third-order valence-electron chi connectivity index (χ3n) is 3.13. The van der Waals surface area contributed by atoms with Crippen molar-refractivity contribution >= 4 is 12.0 Å². The third kappa shape index (κ3) is 5.46. The summed E-state index contributed by atoms with van der Waals surface area (Å²) >= 11 is 0. The molecule has 0 rings (SSSR count). The van der Waals surface area contributed by atoms with Crippen LogP contribution in [0.4, 0.5) is 4.79 Å². The first-order valence-electron chi connectivity index (χ1n) is 6.30. The van der Waals surface area contributed by atoms with Gasteiger partial charge in [0.15, 0.2) is 0 Å². The fourth-order valence-corrected chi connectivity index (χ4v) is 1.74. The molecule has 0 saturated heterocycles. The van der Waals surface area contributed by atoms with Crippen molar-refractivity contribution in [3.05, 3.63) is 0 Å². The SMILES string of the molecule is CN(C)CC(C)(C)CNC(=O)N(C)C(C)(C)C(=O)O. The number of carbonyl (C=O) groups excluding carboxylic acids is 1. The Morgan fingerprint density at radius 3 is 1.95 bits per heavy atom. The van der Waals surface area contributed by atoms with Crippen LogP contribution in [-0.4, -0.2) is 66.7 Å². The van der Waals surface area contributed by atoms with Crippen molar-refractivity contribution < 1.29 is 14.7 Å². The number of nitrogens with one attached hydrogen (secondary N) is 1. The van der Waals surface area contributed by atoms with Crippen molar-refractivity contribution in [3.8, 4) is 0 Å². The molecule has 0 aromatic rings. The van der Waals surface area contributed by atoms with E-state index in [0.717, 1.165) is 6.54 Å². The van der Waals surface area contributed by atoms with Gasteiger partial charge in [-0.05, 0) is 33.4 Å². The number of amides is 2. The highest BCUT2D eigenvalue weighted by atomic mass is 16.4. The lowest BCUT2D eigenvalue weighted by Gasteiger charge is -2.34. The van der Waals surface area contributed by atoms with Crippen molar-refractivity contribution in [1.82, 2.24) is 15.1 Å². The zero-order valence-corrected chi connectivity index (χ0v) is 13.1. The normalized spacial score (nSPS) is 12.4. The van der Waals surface area contributed by atoms with E-state index in [1.165, 1.54) is 25.8 Å². The van der Waals surface area contributed by atoms with E-state index in [2.05, 4.69) is 24.1 Å². The average molecular weight is 273 g/mol. The summed E-state index contributed by atoms with van der Waals surface area (Å²) < 4.78 is 0. The van der Waals surface area contributed by atoms with Gasteiger partial charge in [0.2, 0.25) is 0 Å². The van der Waals surface area contributed by atoms with E-state index in [9.17, 15) is 9.59 Å². The number of hydrogen-bond acceptors (Lipinski definition) is 3. The standard InChI is InChI=1S/C13H27N3O3/c1-12(2,9-15(5)6)8-14-11(19)16(7)13(3,4)10(17)18/h8-9H2,1-7H3,(H,14,19)(H,17,18). The van der Waals surface area contributed by atoms with Crippen LogP contribution >= 0.6 is 0 Å². The van der Waals surface area contributed by atoms with Crippen molar-refractivity contribution in [3.63, 3.8) is 0 Å². The van der Waals surface area contributed by atoms with Crippen LogP contribution < -0.4 is 5.32 Å². The number of urea groups is 1. The number of aliphatic carboxylic acids is 1. The highest BCUT2D eigenvalue weighted by Crippen LogP contribution is 2.16. The highest BCUT2D eigenvalue weighted by Gasteiger charge is 2.35. The number of hydrogen-bond donors (Lipinski definition) is 2. The molecule has 0 heterocycles. The Morgan fingerprint density at radius 2 is 1.58 bits per heavy atom. The molecule has 0 atom stereocenters. The molecule has 2 amide bonds. The maximum Gasteiger partial charge on any atom is 0.329 e. The Balaban J connectivity index is 4.52. The summed E-state index contributed by atoms with van der Waals surface area (Å²) in [7, 11) is 5.44. The summed E-state index contributed by atoms with van der Waals surface area (Å²) in [5, 5.41) is 11.9. The van der Waals surface area contributed by atoms with Crippen LogP contribution in [0.3, 0.4) is 0 Å². The Bertz CT molecular complexity index is 338. The van der Waals surface area contributed by atoms with Gasteiger partial charge in [0, 0.05) is 20.1 Å². The second kappa shape index (κ2) is 6.23. The van der Waals surface area contributed by atoms with Crippen LogP contribution in [0.25, 0.3) is 0 Å². The molecule has 0 unspecified atom stereocenters. The number of likely N-dealkylation sites (N-methyl/N-ethyl adjacent to an activating group) is 1. The van der Waals surface area contributed by atoms with Crippen molar-refractivity contribution in [1.29, 1.82) is 0 Å². The van der Waals surface area contributed by atoms with Gasteiger partial charge in [0.05, 0.1) is 0 Å². The molecule has 0 aromatic heterocycles. The maximum atomic E-state index is 12.0. The van der Waals surface area contributed by atoms with E-state index in [4.69, 9.17) is 5.11 Å². The molecule has 0 spiro atoms. The third-order valence-corrected chi connectivity index (χ3v) is 3.13. The maximum absolute atomic E-state index is 12.0. The molecule has 0 aliphatic carbocycles. The van der Waals surface area contributed by atoms with E-state index < -0.39 is 11.5 Å². The van der Waals surface area contributed by atoms with Gasteiger partial charge in [-0.2, -0.15) is 0 Å². The lowest BCUT2D eigenvalue weighted by molar-refractivity contribution is -0.146. The average Bonchev–Trinajstić information content (AvgIpc) is 2.22. The highest BCUT2D eigenvalue weighted by molar-refractivity contribution is 5.85. The summed E-state index contributed by atoms with van der Waals surface area (Å²) in [6.45, 7) is 8.42. The van der Waals surface area contributed by atoms with Gasteiger partial charge >= 0.3 is 12.0 Å². The fraction of sp³-hybridized carbons (Fsp3) is 0.846. The molecule has 0 aromatic carbocycles. The Labute approximate surface area is 115 Å². The van der Waals surface area contributed by atoms with Crippen molar-refractivity contribution in [2.75, 3.05) is 34.2 Å². The first kappa shape index (κ1) is 17.7. The van der Waals surface area contributed by atoms with E-state index in [-0.39, 0.29) is 11.4 Å². The quantitative estimate of drug-likeness (QED) is 0.759. The van der Waals surface area contributed by atoms with Crippen LogP contribution in [0, 0.1) is 5.41 Å². The van der Waals surface area contributed by atoms with Gasteiger partial charge in [0.25, 0.3) is 0 Å². The summed E-state index contributed by atoms with van der Waals surface area (Å²) in [6.07, 6.45) is 0. The first-order valence-corrected chi connectivity index (χ1v) is 6.30. The molecule has 0 bridgehead atoms. The summed E-state index contributed by atoms with van der Waals surface area (Å²) in [5.41, 5.74) is -1.30. The molecule has 0 aliphatic rings. The molecule has 2 N–H and O–H groups in total. The molecule has 0 radical (unpaired) electrons. The monoisotopic (exact) mass is 273 g/mol. The largest absolute Gasteiger partial charge is 0.480 e. The Kier molecular flexibility index (Phi) is 5.81. The lowest BCUT2D eigenvalue weighted by Crippen LogP contribution is -2.55. The van der Waals surface area contributed by atoms with E-state index in [0.29, 0.717) is 6.54 Å². The van der Waals surface area contributed by atoms with Crippen LogP contribution in [0.2, 0.25) is 0 Å². The number of rotatable bonds is 6. The number of nitrogens with zero attached hydrogens (tertiary/aromatic N) is 2. The molecular weight excluding hydrogens is 246 g/mol. The van der Waals surface area contributed by atoms with E-state index in [1.54, 1.807) is 0 Å². The van der Waals surface area contributed by atoms with Gasteiger partial charge in [-0.25, -0.2) is 9.59 Å². The van der Waals surface area contributed by atoms with Gasteiger partial charge in [-0.1, -0.05) is 13.8 Å². The molecule has 112 valence electrons. The minimum absolute atomic E-state index is 0.0760. The predicted molar refractivity (Wildman–Crippen MR) is 75.2 cm³/mol. The summed E-state index contributed by atoms with van der Waals surface area (Å²) in [6, 6.07) is -0.376. The van der Waals surface area contributed by atoms with E-state index in [1.807, 2.05) is 14.1 Å². The lowest BCUT2D eigenvalue weighted by atomic mass is 9.93. The van der Waals surface area contributed by atoms with Crippen LogP contribution in [0.5, 0.6) is 0 Å². The van der Waals surface area contributed by atoms with Crippen molar-refractivity contribution in [2.45, 2.75) is 33.2 Å². The van der Waals surface area contributed by atoms with Gasteiger partial charge in [-0.3, -0.25) is 0 Å². The van der Waals surface area contributed by atoms with Crippen LogP contribution in [0.15, 0.2) is 0 Å². The second-order valence-electron chi connectivity index (χ2n) is 6.48. The van der Waals surface area contributed by atoms with Crippen LogP contribution in [0.1, 0.15) is 27.7 Å². The molecule has 0 fully saturated rings. The minimum atomic E-state index is -1.23. The Morgan fingerprint density at radius 1 is 1.11 bits per heavy atom. The molecule has 0 aliphatic heterocycles. The Hall–Kier alpha value is -1.30. The summed E-state index contributed by atoms with van der Waals surface area (Å²) in [5.74, 6) is -1.03. The molecule has 0 saturated carbocycles. The second-order valence-corrected chi connectivity index (χ2v) is 6.48. The zero-order chi connectivity index (χ0) is 15.4. The molecule has 6 heteroatoms. The predicted octanol–water partition coefficient (Wildman–Crippen LogP) is 1.08. The number of carboxylic acid groups (broad SMARTS) is 1. The fourth-order valence-electron chi connectivity index (χ4n) is 1.74. The smallest absolute Gasteiger partial charge is 0.329 e. The van der Waals surface area contributed by atoms with Gasteiger partial charge in [0.1, 0.15) is 5.54 Å². The topological polar surface area (TPSA) is 72.9 Å². The van der Waals surface area contributed by atoms with Gasteiger partial charge < -0.3 is 20.2 Å². The molecular formula is C13H27N3O3. The first-order chi connectivity index (χ1) is 8.40. The van der Waals surface area contributed by atoms with E-state index >= 15 is 0 Å². The van der Waals surface area contributed by atoms with Crippen molar-refractivity contribution in [2.24, 2.45) is 5.41 Å². The molecule has 6 nitrogen and oxygen atoms in total. The minimum Gasteiger partial charge on any atom is -0.480 e. The van der Waals surface area contributed by atoms with Gasteiger partial charge in [-0.15, -0.1) is 0 Å². The van der Waals surface area contributed by atoms with Crippen LogP contribution in [-0.2, 0) is 4.79 Å². The number of carboxylic acids is 1. The molecule has 19 heavy (non-hydrogen) atoms.